The highest BCUT2D eigenvalue weighted by Gasteiger charge is 2.07. The van der Waals surface area contributed by atoms with Gasteiger partial charge in [-0.1, -0.05) is 6.07 Å². The van der Waals surface area contributed by atoms with E-state index in [1.165, 1.54) is 4.88 Å². The van der Waals surface area contributed by atoms with Gasteiger partial charge in [0.1, 0.15) is 11.6 Å². The topological polar surface area (TPSA) is 76.8 Å². The first-order chi connectivity index (χ1) is 11.7. The van der Waals surface area contributed by atoms with Crippen LogP contribution in [0.3, 0.4) is 0 Å². The first-order valence-corrected chi connectivity index (χ1v) is 8.67. The van der Waals surface area contributed by atoms with E-state index in [0.29, 0.717) is 18.9 Å². The van der Waals surface area contributed by atoms with Gasteiger partial charge in [-0.15, -0.1) is 11.3 Å². The van der Waals surface area contributed by atoms with Gasteiger partial charge in [0.15, 0.2) is 0 Å². The van der Waals surface area contributed by atoms with Crippen molar-refractivity contribution in [2.45, 2.75) is 26.4 Å². The van der Waals surface area contributed by atoms with Crippen molar-refractivity contribution < 1.29 is 4.79 Å². The summed E-state index contributed by atoms with van der Waals surface area (Å²) in [5.41, 5.74) is 0. The molecule has 0 spiro atoms. The zero-order valence-corrected chi connectivity index (χ0v) is 14.3. The number of anilines is 1. The van der Waals surface area contributed by atoms with Gasteiger partial charge in [0.05, 0.1) is 12.7 Å². The van der Waals surface area contributed by atoms with E-state index in [1.807, 2.05) is 30.6 Å². The van der Waals surface area contributed by atoms with Crippen LogP contribution in [0.15, 0.2) is 42.2 Å². The molecule has 0 atom stereocenters. The smallest absolute Gasteiger partial charge is 0.320 e. The Morgan fingerprint density at radius 1 is 1.33 bits per heavy atom. The fraction of sp³-hybridized carbons (Fsp3) is 0.312. The van der Waals surface area contributed by atoms with Gasteiger partial charge in [-0.05, 0) is 24.8 Å². The summed E-state index contributed by atoms with van der Waals surface area (Å²) in [6.45, 7) is 4.06. The second-order valence-corrected chi connectivity index (χ2v) is 6.39. The molecular weight excluding hydrogens is 324 g/mol. The molecule has 3 heterocycles. The van der Waals surface area contributed by atoms with E-state index >= 15 is 0 Å². The fourth-order valence-corrected chi connectivity index (χ4v) is 3.05. The van der Waals surface area contributed by atoms with Crippen molar-refractivity contribution in [1.82, 2.24) is 24.6 Å². The minimum atomic E-state index is -0.217. The van der Waals surface area contributed by atoms with Crippen LogP contribution in [0.25, 0.3) is 0 Å². The SMILES string of the molecule is Cc1nccn1CCCNC(=O)Nc1ccnn1Cc1cccs1. The van der Waals surface area contributed by atoms with Crippen molar-refractivity contribution in [2.24, 2.45) is 0 Å². The Labute approximate surface area is 144 Å². The molecule has 126 valence electrons. The van der Waals surface area contributed by atoms with E-state index < -0.39 is 0 Å². The normalized spacial score (nSPS) is 10.7. The molecule has 0 saturated carbocycles. The van der Waals surface area contributed by atoms with Crippen molar-refractivity contribution >= 4 is 23.2 Å². The second-order valence-electron chi connectivity index (χ2n) is 5.36. The van der Waals surface area contributed by atoms with Gasteiger partial charge in [-0.3, -0.25) is 5.32 Å². The number of rotatable bonds is 7. The fourth-order valence-electron chi connectivity index (χ4n) is 2.37. The number of hydrogen-bond donors (Lipinski definition) is 2. The van der Waals surface area contributed by atoms with Crippen molar-refractivity contribution in [3.8, 4) is 0 Å². The minimum absolute atomic E-state index is 0.217. The van der Waals surface area contributed by atoms with E-state index in [4.69, 9.17) is 0 Å². The number of carbonyl (C=O) groups excluding carboxylic acids is 1. The first-order valence-electron chi connectivity index (χ1n) is 7.79. The number of imidazole rings is 1. The average Bonchev–Trinajstić information content (AvgIpc) is 3.29. The van der Waals surface area contributed by atoms with E-state index in [1.54, 1.807) is 34.5 Å². The number of nitrogens with zero attached hydrogens (tertiary/aromatic N) is 4. The molecule has 24 heavy (non-hydrogen) atoms. The molecule has 3 aromatic heterocycles. The molecule has 0 aliphatic rings. The van der Waals surface area contributed by atoms with Crippen LogP contribution >= 0.6 is 11.3 Å². The Morgan fingerprint density at radius 2 is 2.25 bits per heavy atom. The van der Waals surface area contributed by atoms with Gasteiger partial charge in [0.25, 0.3) is 0 Å². The maximum absolute atomic E-state index is 12.0. The summed E-state index contributed by atoms with van der Waals surface area (Å²) in [5.74, 6) is 1.67. The lowest BCUT2D eigenvalue weighted by Crippen LogP contribution is -2.31. The Bertz CT molecular complexity index is 776. The number of nitrogens with one attached hydrogen (secondary N) is 2. The summed E-state index contributed by atoms with van der Waals surface area (Å²) >= 11 is 1.67. The number of thiophene rings is 1. The molecule has 7 nitrogen and oxygen atoms in total. The van der Waals surface area contributed by atoms with Gasteiger partial charge >= 0.3 is 6.03 Å². The number of urea groups is 1. The van der Waals surface area contributed by atoms with Crippen LogP contribution in [0, 0.1) is 6.92 Å². The minimum Gasteiger partial charge on any atom is -0.338 e. The molecule has 2 N–H and O–H groups in total. The second kappa shape index (κ2) is 7.78. The van der Waals surface area contributed by atoms with Crippen LogP contribution in [0.5, 0.6) is 0 Å². The standard InChI is InChI=1S/C16H20N6OS/c1-13-17-8-10-21(13)9-3-6-18-16(23)20-15-5-7-19-22(15)12-14-4-2-11-24-14/h2,4-5,7-8,10-11H,3,6,9,12H2,1H3,(H2,18,20,23). The molecule has 0 unspecified atom stereocenters. The molecule has 0 aromatic carbocycles. The molecule has 8 heteroatoms. The van der Waals surface area contributed by atoms with Crippen LogP contribution in [0.2, 0.25) is 0 Å². The highest BCUT2D eigenvalue weighted by atomic mass is 32.1. The van der Waals surface area contributed by atoms with E-state index in [0.717, 1.165) is 18.8 Å². The van der Waals surface area contributed by atoms with Crippen LogP contribution < -0.4 is 10.6 Å². The number of amides is 2. The highest BCUT2D eigenvalue weighted by Crippen LogP contribution is 2.14. The molecule has 0 saturated heterocycles. The third-order valence-corrected chi connectivity index (χ3v) is 4.49. The zero-order chi connectivity index (χ0) is 16.8. The molecular formula is C16H20N6OS. The summed E-state index contributed by atoms with van der Waals surface area (Å²) in [7, 11) is 0. The van der Waals surface area contributed by atoms with Crippen molar-refractivity contribution in [2.75, 3.05) is 11.9 Å². The third-order valence-electron chi connectivity index (χ3n) is 3.63. The number of hydrogen-bond acceptors (Lipinski definition) is 4. The van der Waals surface area contributed by atoms with Gasteiger partial charge < -0.3 is 9.88 Å². The monoisotopic (exact) mass is 344 g/mol. The Morgan fingerprint density at radius 3 is 3.00 bits per heavy atom. The summed E-state index contributed by atoms with van der Waals surface area (Å²) in [6, 6.07) is 5.63. The molecule has 0 bridgehead atoms. The predicted octanol–water partition coefficient (Wildman–Crippen LogP) is 2.71. The summed E-state index contributed by atoms with van der Waals surface area (Å²) in [6.07, 6.45) is 6.26. The molecule has 0 aliphatic heterocycles. The highest BCUT2D eigenvalue weighted by molar-refractivity contribution is 7.09. The Balaban J connectivity index is 1.44. The molecule has 0 aliphatic carbocycles. The number of aromatic nitrogens is 4. The molecule has 0 radical (unpaired) electrons. The van der Waals surface area contributed by atoms with Crippen LogP contribution in [0.4, 0.5) is 10.6 Å². The van der Waals surface area contributed by atoms with Gasteiger partial charge in [-0.25, -0.2) is 14.5 Å². The Hall–Kier alpha value is -2.61. The van der Waals surface area contributed by atoms with Crippen molar-refractivity contribution in [3.63, 3.8) is 0 Å². The van der Waals surface area contributed by atoms with Crippen molar-refractivity contribution in [1.29, 1.82) is 0 Å². The van der Waals surface area contributed by atoms with Crippen LogP contribution in [-0.2, 0) is 13.1 Å². The number of carbonyl (C=O) groups is 1. The molecule has 3 rings (SSSR count). The van der Waals surface area contributed by atoms with Crippen LogP contribution in [0.1, 0.15) is 17.1 Å². The lowest BCUT2D eigenvalue weighted by molar-refractivity contribution is 0.251. The van der Waals surface area contributed by atoms with E-state index in [9.17, 15) is 4.79 Å². The summed E-state index contributed by atoms with van der Waals surface area (Å²) in [5, 5.41) is 12.0. The zero-order valence-electron chi connectivity index (χ0n) is 13.5. The van der Waals surface area contributed by atoms with E-state index in [-0.39, 0.29) is 6.03 Å². The predicted molar refractivity (Wildman–Crippen MR) is 94.3 cm³/mol. The van der Waals surface area contributed by atoms with Gasteiger partial charge in [-0.2, -0.15) is 5.10 Å². The lowest BCUT2D eigenvalue weighted by atomic mass is 10.4. The molecule has 3 aromatic rings. The van der Waals surface area contributed by atoms with Gasteiger partial charge in [0.2, 0.25) is 0 Å². The average molecular weight is 344 g/mol. The summed E-state index contributed by atoms with van der Waals surface area (Å²) in [4.78, 5) is 17.4. The first kappa shape index (κ1) is 16.3. The van der Waals surface area contributed by atoms with E-state index in [2.05, 4.69) is 25.3 Å². The maximum Gasteiger partial charge on any atom is 0.320 e. The quantitative estimate of drug-likeness (QED) is 0.647. The summed E-state index contributed by atoms with van der Waals surface area (Å²) < 4.78 is 3.84. The van der Waals surface area contributed by atoms with Crippen LogP contribution in [-0.4, -0.2) is 31.9 Å². The van der Waals surface area contributed by atoms with Gasteiger partial charge in [0, 0.05) is 36.4 Å². The Kier molecular flexibility index (Phi) is 5.27. The third kappa shape index (κ3) is 4.23. The molecule has 0 fully saturated rings. The largest absolute Gasteiger partial charge is 0.338 e. The van der Waals surface area contributed by atoms with Crippen molar-refractivity contribution in [3.05, 3.63) is 52.9 Å². The number of aryl methyl sites for hydroxylation is 2. The maximum atomic E-state index is 12.0. The lowest BCUT2D eigenvalue weighted by Gasteiger charge is -2.10. The molecule has 2 amide bonds.